The van der Waals surface area contributed by atoms with Gasteiger partial charge in [0, 0.05) is 32.0 Å². The van der Waals surface area contributed by atoms with Crippen LogP contribution in [0.2, 0.25) is 0 Å². The van der Waals surface area contributed by atoms with Gasteiger partial charge in [-0.3, -0.25) is 4.79 Å². The maximum atomic E-state index is 11.4. The molecule has 0 radical (unpaired) electrons. The Balaban J connectivity index is 1.24. The average molecular weight is 333 g/mol. The largest absolute Gasteiger partial charge is 0.302 e. The van der Waals surface area contributed by atoms with Gasteiger partial charge in [-0.1, -0.05) is 19.3 Å². The molecule has 0 atom stereocenters. The van der Waals surface area contributed by atoms with Gasteiger partial charge in [-0.05, 0) is 75.9 Å². The highest BCUT2D eigenvalue weighted by Gasteiger charge is 2.42. The topological polar surface area (TPSA) is 23.6 Å². The van der Waals surface area contributed by atoms with Crippen molar-refractivity contribution in [3.63, 3.8) is 0 Å². The number of hydrogen-bond acceptors (Lipinski definition) is 3. The molecule has 3 nitrogen and oxygen atoms in total. The predicted octanol–water partition coefficient (Wildman–Crippen LogP) is 3.87. The molecule has 136 valence electrons. The zero-order chi connectivity index (χ0) is 16.4. The Bertz CT molecular complexity index is 425. The highest BCUT2D eigenvalue weighted by Crippen LogP contribution is 2.42. The van der Waals surface area contributed by atoms with Crippen LogP contribution in [0, 0.1) is 11.3 Å². The van der Waals surface area contributed by atoms with E-state index in [1.165, 1.54) is 84.1 Å². The quantitative estimate of drug-likeness (QED) is 0.784. The van der Waals surface area contributed by atoms with Crippen LogP contribution in [-0.4, -0.2) is 54.3 Å². The molecule has 2 aliphatic heterocycles. The van der Waals surface area contributed by atoms with Gasteiger partial charge in [0.2, 0.25) is 0 Å². The monoisotopic (exact) mass is 332 g/mol. The third-order valence-corrected chi connectivity index (χ3v) is 7.65. The summed E-state index contributed by atoms with van der Waals surface area (Å²) in [6.07, 6.45) is 15.6. The van der Waals surface area contributed by atoms with E-state index in [9.17, 15) is 4.79 Å². The van der Waals surface area contributed by atoms with Crippen LogP contribution >= 0.6 is 0 Å². The van der Waals surface area contributed by atoms with E-state index in [1.54, 1.807) is 0 Å². The van der Waals surface area contributed by atoms with E-state index in [0.717, 1.165) is 37.6 Å². The second kappa shape index (κ2) is 7.45. The Kier molecular flexibility index (Phi) is 5.29. The van der Waals surface area contributed by atoms with Gasteiger partial charge >= 0.3 is 0 Å². The van der Waals surface area contributed by atoms with Crippen molar-refractivity contribution in [1.29, 1.82) is 0 Å². The van der Waals surface area contributed by atoms with E-state index in [4.69, 9.17) is 0 Å². The Morgan fingerprint density at radius 3 is 2.25 bits per heavy atom. The van der Waals surface area contributed by atoms with Crippen molar-refractivity contribution < 1.29 is 4.79 Å². The summed E-state index contributed by atoms with van der Waals surface area (Å²) in [4.78, 5) is 17.0. The van der Waals surface area contributed by atoms with Crippen LogP contribution in [0.5, 0.6) is 0 Å². The number of carbonyl (C=O) groups is 1. The van der Waals surface area contributed by atoms with Crippen LogP contribution in [-0.2, 0) is 4.79 Å². The van der Waals surface area contributed by atoms with Gasteiger partial charge in [-0.15, -0.1) is 0 Å². The number of piperidine rings is 1. The van der Waals surface area contributed by atoms with Crippen LogP contribution in [0.3, 0.4) is 0 Å². The van der Waals surface area contributed by atoms with E-state index in [-0.39, 0.29) is 0 Å². The van der Waals surface area contributed by atoms with Gasteiger partial charge in [-0.25, -0.2) is 0 Å². The summed E-state index contributed by atoms with van der Waals surface area (Å²) in [6, 6.07) is 0.911. The maximum Gasteiger partial charge on any atom is 0.132 e. The van der Waals surface area contributed by atoms with E-state index in [0.29, 0.717) is 11.2 Å². The molecule has 24 heavy (non-hydrogen) atoms. The van der Waals surface area contributed by atoms with E-state index < -0.39 is 0 Å². The molecule has 4 rings (SSSR count). The molecule has 0 unspecified atom stereocenters. The highest BCUT2D eigenvalue weighted by atomic mass is 16.1. The summed E-state index contributed by atoms with van der Waals surface area (Å²) in [5.41, 5.74) is 0.635. The maximum absolute atomic E-state index is 11.4. The molecular formula is C21H36N2O. The van der Waals surface area contributed by atoms with Crippen molar-refractivity contribution >= 4 is 5.78 Å². The van der Waals surface area contributed by atoms with Crippen LogP contribution in [0.25, 0.3) is 0 Å². The lowest BCUT2D eigenvalue weighted by molar-refractivity contribution is -0.121. The molecule has 0 amide bonds. The molecule has 2 saturated heterocycles. The minimum absolute atomic E-state index is 0.499. The second-order valence-electron chi connectivity index (χ2n) is 9.29. The number of hydrogen-bond donors (Lipinski definition) is 0. The predicted molar refractivity (Wildman–Crippen MR) is 98.1 cm³/mol. The van der Waals surface area contributed by atoms with E-state index in [2.05, 4.69) is 9.80 Å². The molecule has 0 aromatic rings. The van der Waals surface area contributed by atoms with E-state index in [1.807, 2.05) is 0 Å². The standard InChI is InChI=1S/C21H36N2O/c24-20-8-6-18(7-9-20)16-22-13-10-21(17-22)11-14-23(15-12-21)19-4-2-1-3-5-19/h18-19H,1-17H2. The lowest BCUT2D eigenvalue weighted by Crippen LogP contribution is -2.46. The van der Waals surface area contributed by atoms with Crippen molar-refractivity contribution in [2.24, 2.45) is 11.3 Å². The van der Waals surface area contributed by atoms with Gasteiger partial charge in [0.1, 0.15) is 5.78 Å². The molecule has 3 heteroatoms. The number of ketones is 1. The molecule has 0 N–H and O–H groups in total. The molecule has 2 heterocycles. The van der Waals surface area contributed by atoms with Crippen LogP contribution in [0.1, 0.15) is 77.0 Å². The Labute approximate surface area is 148 Å². The molecule has 4 aliphatic rings. The van der Waals surface area contributed by atoms with Crippen molar-refractivity contribution in [1.82, 2.24) is 9.80 Å². The number of carbonyl (C=O) groups excluding carboxylic acids is 1. The molecular weight excluding hydrogens is 296 g/mol. The van der Waals surface area contributed by atoms with Crippen LogP contribution in [0.15, 0.2) is 0 Å². The first kappa shape index (κ1) is 17.0. The van der Waals surface area contributed by atoms with Gasteiger partial charge in [0.05, 0.1) is 0 Å². The normalized spacial score (nSPS) is 31.1. The number of likely N-dealkylation sites (tertiary alicyclic amines) is 2. The molecule has 0 aromatic carbocycles. The fraction of sp³-hybridized carbons (Fsp3) is 0.952. The summed E-state index contributed by atoms with van der Waals surface area (Å²) in [7, 11) is 0. The summed E-state index contributed by atoms with van der Waals surface area (Å²) in [6.45, 7) is 6.64. The molecule has 0 bridgehead atoms. The summed E-state index contributed by atoms with van der Waals surface area (Å²) >= 11 is 0. The van der Waals surface area contributed by atoms with Gasteiger partial charge < -0.3 is 9.80 Å². The number of nitrogens with zero attached hydrogens (tertiary/aromatic N) is 2. The van der Waals surface area contributed by atoms with Crippen LogP contribution < -0.4 is 0 Å². The third-order valence-electron chi connectivity index (χ3n) is 7.65. The molecule has 4 fully saturated rings. The summed E-state index contributed by atoms with van der Waals surface area (Å²) < 4.78 is 0. The smallest absolute Gasteiger partial charge is 0.132 e. The average Bonchev–Trinajstić information content (AvgIpc) is 3.01. The fourth-order valence-corrected chi connectivity index (χ4v) is 5.95. The minimum atomic E-state index is 0.499. The first-order chi connectivity index (χ1) is 11.7. The number of Topliss-reactive ketones (excluding diaryl/α,β-unsaturated/α-hetero) is 1. The summed E-state index contributed by atoms with van der Waals surface area (Å²) in [5, 5.41) is 0. The first-order valence-corrected chi connectivity index (χ1v) is 10.7. The van der Waals surface area contributed by atoms with Crippen molar-refractivity contribution in [3.8, 4) is 0 Å². The van der Waals surface area contributed by atoms with Crippen molar-refractivity contribution in [2.75, 3.05) is 32.7 Å². The lowest BCUT2D eigenvalue weighted by atomic mass is 9.77. The fourth-order valence-electron chi connectivity index (χ4n) is 5.95. The Morgan fingerprint density at radius 1 is 0.875 bits per heavy atom. The molecule has 1 spiro atoms. The van der Waals surface area contributed by atoms with Crippen molar-refractivity contribution in [2.45, 2.75) is 83.1 Å². The zero-order valence-electron chi connectivity index (χ0n) is 15.5. The second-order valence-corrected chi connectivity index (χ2v) is 9.29. The highest BCUT2D eigenvalue weighted by molar-refractivity contribution is 5.79. The minimum Gasteiger partial charge on any atom is -0.302 e. The number of rotatable bonds is 3. The van der Waals surface area contributed by atoms with Gasteiger partial charge in [0.15, 0.2) is 0 Å². The summed E-state index contributed by atoms with van der Waals surface area (Å²) in [5.74, 6) is 1.29. The zero-order valence-corrected chi connectivity index (χ0v) is 15.5. The van der Waals surface area contributed by atoms with Crippen LogP contribution in [0.4, 0.5) is 0 Å². The Hall–Kier alpha value is -0.410. The lowest BCUT2D eigenvalue weighted by Gasteiger charge is -2.44. The third kappa shape index (κ3) is 3.88. The SMILES string of the molecule is O=C1CCC(CN2CCC3(CCN(C4CCCCC4)CC3)C2)CC1. The Morgan fingerprint density at radius 2 is 1.54 bits per heavy atom. The van der Waals surface area contributed by atoms with Gasteiger partial charge in [0.25, 0.3) is 0 Å². The molecule has 2 saturated carbocycles. The van der Waals surface area contributed by atoms with E-state index >= 15 is 0 Å². The van der Waals surface area contributed by atoms with Crippen molar-refractivity contribution in [3.05, 3.63) is 0 Å². The first-order valence-electron chi connectivity index (χ1n) is 10.7. The molecule has 2 aliphatic carbocycles. The molecule has 0 aromatic heterocycles. The van der Waals surface area contributed by atoms with Gasteiger partial charge in [-0.2, -0.15) is 0 Å².